The lowest BCUT2D eigenvalue weighted by Gasteiger charge is -2.28. The molecule has 8 aromatic carbocycles. The summed E-state index contributed by atoms with van der Waals surface area (Å²) in [5.41, 5.74) is 7.01. The van der Waals surface area contributed by atoms with Gasteiger partial charge < -0.3 is 0 Å². The van der Waals surface area contributed by atoms with Crippen molar-refractivity contribution in [2.45, 2.75) is 0 Å². The minimum Gasteiger partial charge on any atom is -0.110 e. The van der Waals surface area contributed by atoms with Crippen LogP contribution in [-0.4, -0.2) is 62.8 Å². The molecule has 0 aliphatic rings. The van der Waals surface area contributed by atoms with Gasteiger partial charge in [0.1, 0.15) is 62.8 Å². The van der Waals surface area contributed by atoms with Gasteiger partial charge in [0.05, 0.1) is 0 Å². The van der Waals surface area contributed by atoms with Crippen molar-refractivity contribution in [2.75, 3.05) is 0 Å². The molecule has 8 heteroatoms. The van der Waals surface area contributed by atoms with Crippen LogP contribution in [0.1, 0.15) is 0 Å². The molecular formula is C40H18B8. The van der Waals surface area contributed by atoms with Crippen molar-refractivity contribution in [2.24, 2.45) is 0 Å². The average molecular weight is 585 g/mol. The maximum Gasteiger partial charge on any atom is 0.113 e. The summed E-state index contributed by atoms with van der Waals surface area (Å²) in [6.07, 6.45) is 0. The van der Waals surface area contributed by atoms with E-state index < -0.39 is 0 Å². The molecular weight excluding hydrogens is 567 g/mol. The Labute approximate surface area is 291 Å². The second-order valence-corrected chi connectivity index (χ2v) is 12.3. The molecule has 0 N–H and O–H groups in total. The third-order valence-electron chi connectivity index (χ3n) is 9.61. The van der Waals surface area contributed by atoms with Gasteiger partial charge >= 0.3 is 0 Å². The molecule has 0 aromatic heterocycles. The van der Waals surface area contributed by atoms with Gasteiger partial charge in [-0.25, -0.2) is 0 Å². The molecule has 0 atom stereocenters. The fraction of sp³-hybridized carbons (Fsp3) is 0. The Bertz CT molecular complexity index is 2560. The lowest BCUT2D eigenvalue weighted by Crippen LogP contribution is -2.50. The van der Waals surface area contributed by atoms with E-state index >= 15 is 0 Å². The molecule has 8 rings (SSSR count). The summed E-state index contributed by atoms with van der Waals surface area (Å²) in [6, 6.07) is 37.1. The number of hydrogen-bond acceptors (Lipinski definition) is 0. The highest BCUT2D eigenvalue weighted by Gasteiger charge is 2.24. The van der Waals surface area contributed by atoms with Crippen molar-refractivity contribution >= 4 is 150 Å². The van der Waals surface area contributed by atoms with E-state index in [1.165, 1.54) is 5.39 Å². The van der Waals surface area contributed by atoms with Gasteiger partial charge in [-0.15, -0.1) is 21.9 Å². The summed E-state index contributed by atoms with van der Waals surface area (Å²) in [6.45, 7) is 0. The van der Waals surface area contributed by atoms with Gasteiger partial charge in [0.25, 0.3) is 0 Å². The van der Waals surface area contributed by atoms with Crippen LogP contribution in [0.2, 0.25) is 0 Å². The number of fused-ring (bicyclic) bond motifs is 4. The van der Waals surface area contributed by atoms with E-state index in [9.17, 15) is 0 Å². The summed E-state index contributed by atoms with van der Waals surface area (Å²) in [4.78, 5) is 0. The molecule has 0 nitrogen and oxygen atoms in total. The van der Waals surface area contributed by atoms with Gasteiger partial charge in [0.2, 0.25) is 0 Å². The number of benzene rings is 8. The van der Waals surface area contributed by atoms with E-state index in [1.54, 1.807) is 0 Å². The molecule has 0 fully saturated rings. The normalized spacial score (nSPS) is 11.6. The fourth-order valence-corrected chi connectivity index (χ4v) is 7.07. The summed E-state index contributed by atoms with van der Waals surface area (Å²) < 4.78 is 0. The van der Waals surface area contributed by atoms with Crippen molar-refractivity contribution in [3.8, 4) is 33.4 Å². The Morgan fingerprint density at radius 1 is 0.250 bits per heavy atom. The van der Waals surface area contributed by atoms with Crippen LogP contribution in [0.25, 0.3) is 76.5 Å². The minimum atomic E-state index is 0.188. The number of rotatable bonds is 3. The van der Waals surface area contributed by atoms with E-state index in [-0.39, 0.29) is 43.7 Å². The molecule has 0 saturated carbocycles. The molecule has 48 heavy (non-hydrogen) atoms. The SMILES string of the molecule is [B]c1c([B])c([B])c2c(-c3ccc4ccccc4c3)c3c([B])c([B])c([B])c([B])c3c(-c3ccc(-c4ccc5ccccc5c4)cc3)c2c1[B]. The lowest BCUT2D eigenvalue weighted by molar-refractivity contribution is 1.64. The molecule has 0 saturated heterocycles. The molecule has 8 aromatic rings. The first-order valence-corrected chi connectivity index (χ1v) is 15.5. The van der Waals surface area contributed by atoms with Crippen LogP contribution in [-0.2, 0) is 0 Å². The van der Waals surface area contributed by atoms with Crippen LogP contribution in [0.4, 0.5) is 0 Å². The van der Waals surface area contributed by atoms with Crippen LogP contribution in [0, 0.1) is 0 Å². The Morgan fingerprint density at radius 3 is 1.00 bits per heavy atom. The minimum absolute atomic E-state index is 0.188. The molecule has 0 spiro atoms. The van der Waals surface area contributed by atoms with Crippen LogP contribution in [0.15, 0.2) is 109 Å². The van der Waals surface area contributed by atoms with Crippen LogP contribution in [0.5, 0.6) is 0 Å². The van der Waals surface area contributed by atoms with E-state index in [0.29, 0.717) is 32.7 Å². The molecule has 0 aliphatic carbocycles. The van der Waals surface area contributed by atoms with Gasteiger partial charge in [-0.2, -0.15) is 0 Å². The van der Waals surface area contributed by atoms with Gasteiger partial charge in [0, 0.05) is 0 Å². The van der Waals surface area contributed by atoms with Crippen LogP contribution < -0.4 is 43.7 Å². The molecule has 0 bridgehead atoms. The van der Waals surface area contributed by atoms with Crippen molar-refractivity contribution in [1.29, 1.82) is 0 Å². The van der Waals surface area contributed by atoms with E-state index in [2.05, 4.69) is 54.6 Å². The second kappa shape index (κ2) is 11.5. The van der Waals surface area contributed by atoms with Gasteiger partial charge in [-0.3, -0.25) is 0 Å². The molecule has 16 radical (unpaired) electrons. The van der Waals surface area contributed by atoms with Crippen molar-refractivity contribution in [3.05, 3.63) is 109 Å². The Morgan fingerprint density at radius 2 is 0.562 bits per heavy atom. The largest absolute Gasteiger partial charge is 0.113 e. The molecule has 0 heterocycles. The van der Waals surface area contributed by atoms with Gasteiger partial charge in [-0.1, -0.05) is 119 Å². The van der Waals surface area contributed by atoms with E-state index in [4.69, 9.17) is 62.8 Å². The summed E-state index contributed by atoms with van der Waals surface area (Å²) in [7, 11) is 53.7. The Balaban J connectivity index is 1.51. The zero-order valence-corrected chi connectivity index (χ0v) is 26.0. The summed E-state index contributed by atoms with van der Waals surface area (Å²) in [5, 5.41) is 6.84. The fourth-order valence-electron chi connectivity index (χ4n) is 7.07. The van der Waals surface area contributed by atoms with Gasteiger partial charge in [0.15, 0.2) is 0 Å². The maximum absolute atomic E-state index is 6.90. The highest BCUT2D eigenvalue weighted by atomic mass is 14.2. The first-order chi connectivity index (χ1) is 23.2. The van der Waals surface area contributed by atoms with Crippen molar-refractivity contribution in [3.63, 3.8) is 0 Å². The Hall–Kier alpha value is -4.68. The zero-order chi connectivity index (χ0) is 33.4. The first-order valence-electron chi connectivity index (χ1n) is 15.5. The van der Waals surface area contributed by atoms with Crippen molar-refractivity contribution in [1.82, 2.24) is 0 Å². The Kier molecular flexibility index (Phi) is 7.33. The van der Waals surface area contributed by atoms with Crippen molar-refractivity contribution < 1.29 is 0 Å². The second-order valence-electron chi connectivity index (χ2n) is 12.3. The zero-order valence-electron chi connectivity index (χ0n) is 26.0. The smallest absolute Gasteiger partial charge is 0.110 e. The highest BCUT2D eigenvalue weighted by Crippen LogP contribution is 2.41. The van der Waals surface area contributed by atoms with Gasteiger partial charge in [-0.05, 0) is 88.6 Å². The standard InChI is InChI=1S/C40H18B8/c41-33-29-27(22-13-9-21(10-14-22)25-15-11-19-5-1-3-7-23(19)17-25)30-32(36(44)40(48)38(46)34(30)42)28(31(29)35(43)39(47)37(33)45)26-16-12-20-6-2-4-8-24(20)18-26/h1-18H. The van der Waals surface area contributed by atoms with E-state index in [1.807, 2.05) is 54.6 Å². The highest BCUT2D eigenvalue weighted by molar-refractivity contribution is 6.71. The third kappa shape index (κ3) is 4.56. The molecule has 0 amide bonds. The lowest BCUT2D eigenvalue weighted by atomic mass is 9.59. The average Bonchev–Trinajstić information content (AvgIpc) is 3.13. The van der Waals surface area contributed by atoms with Crippen LogP contribution >= 0.6 is 0 Å². The third-order valence-corrected chi connectivity index (χ3v) is 9.61. The molecule has 0 unspecified atom stereocenters. The van der Waals surface area contributed by atoms with Crippen LogP contribution in [0.3, 0.4) is 0 Å². The van der Waals surface area contributed by atoms with E-state index in [0.717, 1.165) is 38.4 Å². The summed E-state index contributed by atoms with van der Waals surface area (Å²) >= 11 is 0. The summed E-state index contributed by atoms with van der Waals surface area (Å²) in [5.74, 6) is 0. The quantitative estimate of drug-likeness (QED) is 0.219. The molecule has 0 aliphatic heterocycles. The maximum atomic E-state index is 6.90. The predicted molar refractivity (Wildman–Crippen MR) is 216 cm³/mol. The topological polar surface area (TPSA) is 0 Å². The molecule has 202 valence electrons. The monoisotopic (exact) mass is 586 g/mol. The number of hydrogen-bond donors (Lipinski definition) is 0. The predicted octanol–water partition coefficient (Wildman–Crippen LogP) is 1.65. The first kappa shape index (κ1) is 30.6.